The van der Waals surface area contributed by atoms with Crippen LogP contribution < -0.4 is 0 Å². The van der Waals surface area contributed by atoms with Crippen molar-refractivity contribution in [2.45, 2.75) is 51.0 Å². The average molecular weight is 408 g/mol. The lowest BCUT2D eigenvalue weighted by Crippen LogP contribution is -2.39. The van der Waals surface area contributed by atoms with E-state index in [1.807, 2.05) is 19.0 Å². The van der Waals surface area contributed by atoms with Gasteiger partial charge in [0.2, 0.25) is 10.0 Å². The van der Waals surface area contributed by atoms with Crippen molar-refractivity contribution in [2.75, 3.05) is 52.6 Å². The summed E-state index contributed by atoms with van der Waals surface area (Å²) in [7, 11) is 0.852. The molecular formula is C22H37N3O2S. The van der Waals surface area contributed by atoms with E-state index in [0.717, 1.165) is 25.9 Å². The maximum atomic E-state index is 12.6. The van der Waals surface area contributed by atoms with Crippen molar-refractivity contribution < 1.29 is 8.42 Å². The van der Waals surface area contributed by atoms with E-state index in [0.29, 0.717) is 25.4 Å². The van der Waals surface area contributed by atoms with Gasteiger partial charge in [-0.15, -0.1) is 0 Å². The first-order chi connectivity index (χ1) is 13.5. The van der Waals surface area contributed by atoms with E-state index in [-0.39, 0.29) is 5.75 Å². The molecule has 6 heteroatoms. The highest BCUT2D eigenvalue weighted by Gasteiger charge is 2.29. The molecule has 0 saturated carbocycles. The van der Waals surface area contributed by atoms with Crippen LogP contribution in [0.3, 0.4) is 0 Å². The summed E-state index contributed by atoms with van der Waals surface area (Å²) < 4.78 is 27.0. The molecule has 28 heavy (non-hydrogen) atoms. The van der Waals surface area contributed by atoms with Crippen molar-refractivity contribution in [3.63, 3.8) is 0 Å². The molecule has 0 radical (unpaired) electrons. The maximum absolute atomic E-state index is 12.6. The van der Waals surface area contributed by atoms with Crippen LogP contribution in [0.15, 0.2) is 24.3 Å². The third kappa shape index (κ3) is 6.02. The van der Waals surface area contributed by atoms with Gasteiger partial charge in [0.25, 0.3) is 0 Å². The molecule has 5 nitrogen and oxygen atoms in total. The van der Waals surface area contributed by atoms with E-state index in [9.17, 15) is 8.42 Å². The molecule has 1 aromatic rings. The van der Waals surface area contributed by atoms with E-state index in [2.05, 4.69) is 29.2 Å². The van der Waals surface area contributed by atoms with Gasteiger partial charge in [0.05, 0.1) is 5.75 Å². The fraction of sp³-hybridized carbons (Fsp3) is 0.727. The lowest BCUT2D eigenvalue weighted by atomic mass is 9.87. The van der Waals surface area contributed by atoms with Crippen molar-refractivity contribution in [3.05, 3.63) is 35.4 Å². The van der Waals surface area contributed by atoms with Gasteiger partial charge in [-0.05, 0) is 82.9 Å². The third-order valence-corrected chi connectivity index (χ3v) is 8.15. The van der Waals surface area contributed by atoms with Crippen molar-refractivity contribution >= 4 is 10.0 Å². The summed E-state index contributed by atoms with van der Waals surface area (Å²) in [6, 6.07) is 8.83. The van der Waals surface area contributed by atoms with Gasteiger partial charge in [-0.25, -0.2) is 12.7 Å². The van der Waals surface area contributed by atoms with Gasteiger partial charge >= 0.3 is 0 Å². The number of piperidine rings is 2. The zero-order chi connectivity index (χ0) is 20.0. The fourth-order valence-corrected chi connectivity index (χ4v) is 6.09. The van der Waals surface area contributed by atoms with Crippen LogP contribution in [0, 0.1) is 0 Å². The maximum Gasteiger partial charge on any atom is 0.214 e. The summed E-state index contributed by atoms with van der Waals surface area (Å²) in [5.41, 5.74) is 2.88. The lowest BCUT2D eigenvalue weighted by molar-refractivity contribution is 0.219. The van der Waals surface area contributed by atoms with E-state index >= 15 is 0 Å². The first-order valence-electron chi connectivity index (χ1n) is 10.9. The van der Waals surface area contributed by atoms with Crippen LogP contribution in [0.5, 0.6) is 0 Å². The molecule has 0 N–H and O–H groups in total. The Morgan fingerprint density at radius 2 is 1.68 bits per heavy atom. The molecule has 2 fully saturated rings. The number of sulfonamides is 1. The van der Waals surface area contributed by atoms with Crippen molar-refractivity contribution in [2.24, 2.45) is 0 Å². The molecule has 2 heterocycles. The molecule has 0 aliphatic carbocycles. The van der Waals surface area contributed by atoms with Gasteiger partial charge < -0.3 is 4.90 Å². The molecule has 0 bridgehead atoms. The minimum Gasteiger partial charge on any atom is -0.309 e. The second-order valence-electron chi connectivity index (χ2n) is 8.68. The predicted molar refractivity (Wildman–Crippen MR) is 116 cm³/mol. The van der Waals surface area contributed by atoms with Crippen molar-refractivity contribution in [1.29, 1.82) is 0 Å². The van der Waals surface area contributed by atoms with Gasteiger partial charge in [-0.3, -0.25) is 4.90 Å². The van der Waals surface area contributed by atoms with E-state index in [4.69, 9.17) is 0 Å². The minimum absolute atomic E-state index is 0.265. The van der Waals surface area contributed by atoms with Crippen LogP contribution in [-0.4, -0.2) is 75.1 Å². The summed E-state index contributed by atoms with van der Waals surface area (Å²) in [4.78, 5) is 4.62. The summed E-state index contributed by atoms with van der Waals surface area (Å²) >= 11 is 0. The van der Waals surface area contributed by atoms with E-state index in [1.54, 1.807) is 4.31 Å². The monoisotopic (exact) mass is 407 g/mol. The normalized spacial score (nSPS) is 20.7. The third-order valence-electron chi connectivity index (χ3n) is 6.19. The highest BCUT2D eigenvalue weighted by Crippen LogP contribution is 2.32. The van der Waals surface area contributed by atoms with Gasteiger partial charge in [-0.1, -0.05) is 30.7 Å². The molecule has 0 unspecified atom stereocenters. The van der Waals surface area contributed by atoms with Crippen LogP contribution in [0.1, 0.15) is 55.6 Å². The minimum atomic E-state index is -3.12. The molecule has 3 rings (SSSR count). The van der Waals surface area contributed by atoms with Gasteiger partial charge in [0.1, 0.15) is 0 Å². The SMILES string of the molecule is CN(C)CCCS(=O)(=O)N1CCC(c2ccccc2CN2CCCCC2)CC1. The Balaban J connectivity index is 1.57. The van der Waals surface area contributed by atoms with E-state index < -0.39 is 10.0 Å². The molecule has 0 amide bonds. The molecule has 2 aliphatic heterocycles. The standard InChI is InChI=1S/C22H37N3O2S/c1-23(2)13-8-18-28(26,27)25-16-11-20(12-17-25)22-10-5-4-9-21(22)19-24-14-6-3-7-15-24/h4-5,9-10,20H,3,6-8,11-19H2,1-2H3. The average Bonchev–Trinajstić information content (AvgIpc) is 2.69. The summed E-state index contributed by atoms with van der Waals surface area (Å²) in [6.07, 6.45) is 6.56. The Hall–Kier alpha value is -0.950. The topological polar surface area (TPSA) is 43.9 Å². The van der Waals surface area contributed by atoms with Crippen LogP contribution in [0.2, 0.25) is 0 Å². The number of likely N-dealkylation sites (tertiary alicyclic amines) is 1. The van der Waals surface area contributed by atoms with E-state index in [1.165, 1.54) is 43.5 Å². The molecular weight excluding hydrogens is 370 g/mol. The highest BCUT2D eigenvalue weighted by atomic mass is 32.2. The molecule has 2 saturated heterocycles. The molecule has 0 atom stereocenters. The largest absolute Gasteiger partial charge is 0.309 e. The fourth-order valence-electron chi connectivity index (χ4n) is 4.57. The van der Waals surface area contributed by atoms with Crippen LogP contribution >= 0.6 is 0 Å². The first-order valence-corrected chi connectivity index (χ1v) is 12.5. The number of nitrogens with zero attached hydrogens (tertiary/aromatic N) is 3. The first kappa shape index (κ1) is 21.8. The van der Waals surface area contributed by atoms with Crippen LogP contribution in [-0.2, 0) is 16.6 Å². The Labute approximate surface area is 171 Å². The Morgan fingerprint density at radius 3 is 2.36 bits per heavy atom. The second kappa shape index (κ2) is 10.2. The predicted octanol–water partition coefficient (Wildman–Crippen LogP) is 3.13. The van der Waals surface area contributed by atoms with Gasteiger partial charge in [-0.2, -0.15) is 0 Å². The second-order valence-corrected chi connectivity index (χ2v) is 10.8. The Bertz CT molecular complexity index is 706. The number of benzene rings is 1. The summed E-state index contributed by atoms with van der Waals surface area (Å²) in [5, 5.41) is 0. The molecule has 2 aliphatic rings. The van der Waals surface area contributed by atoms with Crippen LogP contribution in [0.4, 0.5) is 0 Å². The number of rotatable bonds is 8. The number of hydrogen-bond acceptors (Lipinski definition) is 4. The molecule has 158 valence electrons. The summed E-state index contributed by atoms with van der Waals surface area (Å²) in [6.45, 7) is 5.59. The van der Waals surface area contributed by atoms with Gasteiger partial charge in [0.15, 0.2) is 0 Å². The zero-order valence-corrected chi connectivity index (χ0v) is 18.5. The highest BCUT2D eigenvalue weighted by molar-refractivity contribution is 7.89. The smallest absolute Gasteiger partial charge is 0.214 e. The van der Waals surface area contributed by atoms with Crippen molar-refractivity contribution in [3.8, 4) is 0 Å². The molecule has 0 aromatic heterocycles. The lowest BCUT2D eigenvalue weighted by Gasteiger charge is -2.33. The Kier molecular flexibility index (Phi) is 7.92. The number of hydrogen-bond donors (Lipinski definition) is 0. The zero-order valence-electron chi connectivity index (χ0n) is 17.6. The van der Waals surface area contributed by atoms with Gasteiger partial charge in [0, 0.05) is 19.6 Å². The Morgan fingerprint density at radius 1 is 1.00 bits per heavy atom. The van der Waals surface area contributed by atoms with Crippen molar-refractivity contribution in [1.82, 2.24) is 14.1 Å². The molecule has 1 aromatic carbocycles. The van der Waals surface area contributed by atoms with Crippen LogP contribution in [0.25, 0.3) is 0 Å². The quantitative estimate of drug-likeness (QED) is 0.664. The summed E-state index contributed by atoms with van der Waals surface area (Å²) in [5.74, 6) is 0.746. The molecule has 0 spiro atoms.